The monoisotopic (exact) mass is 503 g/mol. The molecule has 2 aromatic heterocycles. The van der Waals surface area contributed by atoms with Gasteiger partial charge in [-0.25, -0.2) is 9.37 Å². The zero-order chi connectivity index (χ0) is 25.5. The number of aromatic nitrogens is 4. The summed E-state index contributed by atoms with van der Waals surface area (Å²) in [6, 6.07) is 8.94. The molecule has 9 heteroatoms. The Morgan fingerprint density at radius 3 is 2.76 bits per heavy atom. The van der Waals surface area contributed by atoms with Crippen molar-refractivity contribution in [3.05, 3.63) is 59.7 Å². The lowest BCUT2D eigenvalue weighted by atomic mass is 9.96. The SMILES string of the molecule is CCc1cc(O)ccc1-c1ccc2c(-c3nc(C4=C[C@H](CO)N(C5CCOCC5)C4)c[nH]3)n[nH]c2c1F. The molecule has 0 radical (unpaired) electrons. The number of aliphatic hydroxyl groups is 1. The Kier molecular flexibility index (Phi) is 6.27. The van der Waals surface area contributed by atoms with E-state index in [1.54, 1.807) is 24.3 Å². The van der Waals surface area contributed by atoms with E-state index < -0.39 is 0 Å². The minimum absolute atomic E-state index is 0.0371. The Hall–Kier alpha value is -3.53. The number of aliphatic hydroxyl groups excluding tert-OH is 1. The number of aromatic amines is 2. The molecule has 4 N–H and O–H groups in total. The molecule has 1 saturated heterocycles. The minimum Gasteiger partial charge on any atom is -0.508 e. The molecule has 0 spiro atoms. The standard InChI is InChI=1S/C28H30FN5O3/c1-2-16-12-20(36)3-4-21(16)22-5-6-23-26(25(22)29)32-33-27(23)28-30-13-24(31-28)17-11-19(15-35)34(14-17)18-7-9-37-10-8-18/h3-6,11-13,18-19,35-36H,2,7-10,14-15H2,1H3,(H,30,31)(H,32,33)/t19-/m1/s1. The van der Waals surface area contributed by atoms with Gasteiger partial charge < -0.3 is 19.9 Å². The molecular weight excluding hydrogens is 473 g/mol. The van der Waals surface area contributed by atoms with Crippen LogP contribution < -0.4 is 0 Å². The second-order valence-corrected chi connectivity index (χ2v) is 9.71. The van der Waals surface area contributed by atoms with Gasteiger partial charge in [0.1, 0.15) is 17.0 Å². The van der Waals surface area contributed by atoms with Crippen LogP contribution in [0.25, 0.3) is 39.1 Å². The molecule has 2 aromatic carbocycles. The molecule has 8 nitrogen and oxygen atoms in total. The van der Waals surface area contributed by atoms with E-state index in [-0.39, 0.29) is 24.2 Å². The van der Waals surface area contributed by atoms with E-state index in [2.05, 4.69) is 26.2 Å². The normalized spacial score (nSPS) is 19.1. The Labute approximate surface area is 213 Å². The first kappa shape index (κ1) is 23.8. The Morgan fingerprint density at radius 1 is 1.16 bits per heavy atom. The molecule has 1 atom stereocenters. The molecule has 0 bridgehead atoms. The van der Waals surface area contributed by atoms with Gasteiger partial charge in [0.25, 0.3) is 0 Å². The number of rotatable bonds is 6. The summed E-state index contributed by atoms with van der Waals surface area (Å²) in [5, 5.41) is 27.7. The molecule has 2 aliphatic rings. The number of nitrogens with zero attached hydrogens (tertiary/aromatic N) is 3. The van der Waals surface area contributed by atoms with Crippen LogP contribution in [0.3, 0.4) is 0 Å². The van der Waals surface area contributed by atoms with Crippen LogP contribution in [0, 0.1) is 5.82 Å². The summed E-state index contributed by atoms with van der Waals surface area (Å²) in [6.07, 6.45) is 6.52. The number of nitrogens with one attached hydrogen (secondary N) is 2. The summed E-state index contributed by atoms with van der Waals surface area (Å²) in [5.41, 5.74) is 4.79. The molecule has 4 aromatic rings. The fraction of sp³-hybridized carbons (Fsp3) is 0.357. The van der Waals surface area contributed by atoms with E-state index in [1.807, 2.05) is 19.2 Å². The number of hydrogen-bond donors (Lipinski definition) is 4. The van der Waals surface area contributed by atoms with Crippen LogP contribution >= 0.6 is 0 Å². The van der Waals surface area contributed by atoms with Crippen LogP contribution in [-0.2, 0) is 11.2 Å². The molecule has 0 unspecified atom stereocenters. The molecule has 0 amide bonds. The van der Waals surface area contributed by atoms with Crippen molar-refractivity contribution in [2.75, 3.05) is 26.4 Å². The van der Waals surface area contributed by atoms with E-state index in [0.717, 1.165) is 48.4 Å². The summed E-state index contributed by atoms with van der Waals surface area (Å²) in [5.74, 6) is 0.330. The van der Waals surface area contributed by atoms with Crippen LogP contribution in [0.1, 0.15) is 31.0 Å². The van der Waals surface area contributed by atoms with Gasteiger partial charge in [-0.2, -0.15) is 5.10 Å². The summed E-state index contributed by atoms with van der Waals surface area (Å²) in [7, 11) is 0. The number of phenols is 1. The maximum atomic E-state index is 15.6. The molecule has 37 heavy (non-hydrogen) atoms. The predicted octanol–water partition coefficient (Wildman–Crippen LogP) is 4.27. The number of H-pyrrole nitrogens is 2. The third-order valence-electron chi connectivity index (χ3n) is 7.59. The number of aromatic hydroxyl groups is 1. The summed E-state index contributed by atoms with van der Waals surface area (Å²) in [4.78, 5) is 10.3. The van der Waals surface area contributed by atoms with Crippen LogP contribution in [0.2, 0.25) is 0 Å². The first-order valence-electron chi connectivity index (χ1n) is 12.8. The highest BCUT2D eigenvalue weighted by Crippen LogP contribution is 2.36. The van der Waals surface area contributed by atoms with Crippen LogP contribution in [0.4, 0.5) is 4.39 Å². The lowest BCUT2D eigenvalue weighted by molar-refractivity contribution is 0.0244. The molecular formula is C28H30FN5O3. The summed E-state index contributed by atoms with van der Waals surface area (Å²) >= 11 is 0. The number of benzene rings is 2. The quantitative estimate of drug-likeness (QED) is 0.313. The highest BCUT2D eigenvalue weighted by Gasteiger charge is 2.32. The van der Waals surface area contributed by atoms with Gasteiger partial charge in [0, 0.05) is 42.9 Å². The fourth-order valence-electron chi connectivity index (χ4n) is 5.62. The Morgan fingerprint density at radius 2 is 1.97 bits per heavy atom. The van der Waals surface area contributed by atoms with E-state index in [1.165, 1.54) is 0 Å². The van der Waals surface area contributed by atoms with Crippen LogP contribution in [-0.4, -0.2) is 73.7 Å². The van der Waals surface area contributed by atoms with Crippen LogP contribution in [0.15, 0.2) is 42.6 Å². The number of phenolic OH excluding ortho intramolecular Hbond substituents is 1. The van der Waals surface area contributed by atoms with Gasteiger partial charge in [-0.15, -0.1) is 0 Å². The van der Waals surface area contributed by atoms with Crippen molar-refractivity contribution in [3.63, 3.8) is 0 Å². The van der Waals surface area contributed by atoms with E-state index >= 15 is 4.39 Å². The average molecular weight is 504 g/mol. The van der Waals surface area contributed by atoms with Gasteiger partial charge in [0.05, 0.1) is 18.3 Å². The van der Waals surface area contributed by atoms with Crippen LogP contribution in [0.5, 0.6) is 5.75 Å². The van der Waals surface area contributed by atoms with Crippen molar-refractivity contribution < 1.29 is 19.3 Å². The maximum Gasteiger partial charge on any atom is 0.159 e. The van der Waals surface area contributed by atoms with Gasteiger partial charge in [0.15, 0.2) is 11.6 Å². The molecule has 2 aliphatic heterocycles. The molecule has 4 heterocycles. The van der Waals surface area contributed by atoms with E-state index in [9.17, 15) is 10.2 Å². The molecule has 0 saturated carbocycles. The van der Waals surface area contributed by atoms with Crippen molar-refractivity contribution in [2.24, 2.45) is 0 Å². The smallest absolute Gasteiger partial charge is 0.159 e. The second-order valence-electron chi connectivity index (χ2n) is 9.71. The van der Waals surface area contributed by atoms with Crippen molar-refractivity contribution in [2.45, 2.75) is 38.3 Å². The lowest BCUT2D eigenvalue weighted by Crippen LogP contribution is -2.44. The topological polar surface area (TPSA) is 110 Å². The van der Waals surface area contributed by atoms with Crippen molar-refractivity contribution in [1.82, 2.24) is 25.1 Å². The lowest BCUT2D eigenvalue weighted by Gasteiger charge is -2.34. The van der Waals surface area contributed by atoms with E-state index in [0.29, 0.717) is 47.0 Å². The first-order chi connectivity index (χ1) is 18.1. The number of hydrogen-bond acceptors (Lipinski definition) is 6. The third-order valence-corrected chi connectivity index (χ3v) is 7.59. The fourth-order valence-corrected chi connectivity index (χ4v) is 5.62. The largest absolute Gasteiger partial charge is 0.508 e. The summed E-state index contributed by atoms with van der Waals surface area (Å²) < 4.78 is 21.1. The van der Waals surface area contributed by atoms with Crippen molar-refractivity contribution in [1.29, 1.82) is 0 Å². The number of ether oxygens (including phenoxy) is 1. The number of aryl methyl sites for hydroxylation is 1. The zero-order valence-corrected chi connectivity index (χ0v) is 20.7. The van der Waals surface area contributed by atoms with E-state index in [4.69, 9.17) is 9.72 Å². The molecule has 0 aliphatic carbocycles. The number of imidazole rings is 1. The molecule has 1 fully saturated rings. The zero-order valence-electron chi connectivity index (χ0n) is 20.7. The Bertz CT molecular complexity index is 1470. The van der Waals surface area contributed by atoms with Gasteiger partial charge in [0.2, 0.25) is 0 Å². The minimum atomic E-state index is -0.389. The van der Waals surface area contributed by atoms with Crippen molar-refractivity contribution >= 4 is 16.5 Å². The predicted molar refractivity (Wildman–Crippen MR) is 140 cm³/mol. The maximum absolute atomic E-state index is 15.6. The van der Waals surface area contributed by atoms with Gasteiger partial charge in [-0.05, 0) is 54.2 Å². The van der Waals surface area contributed by atoms with Gasteiger partial charge in [-0.1, -0.05) is 25.1 Å². The first-order valence-corrected chi connectivity index (χ1v) is 12.8. The highest BCUT2D eigenvalue weighted by atomic mass is 19.1. The average Bonchev–Trinajstić information content (AvgIpc) is 3.67. The van der Waals surface area contributed by atoms with Gasteiger partial charge in [-0.3, -0.25) is 10.00 Å². The van der Waals surface area contributed by atoms with Crippen molar-refractivity contribution in [3.8, 4) is 28.4 Å². The van der Waals surface area contributed by atoms with Gasteiger partial charge >= 0.3 is 0 Å². The molecule has 6 rings (SSSR count). The second kappa shape index (κ2) is 9.74. The third kappa shape index (κ3) is 4.22. The molecule has 192 valence electrons. The number of fused-ring (bicyclic) bond motifs is 1. The number of halogens is 1. The summed E-state index contributed by atoms with van der Waals surface area (Å²) in [6.45, 7) is 4.25. The highest BCUT2D eigenvalue weighted by molar-refractivity contribution is 5.95. The Balaban J connectivity index is 1.30.